The van der Waals surface area contributed by atoms with Gasteiger partial charge in [-0.2, -0.15) is 0 Å². The highest BCUT2D eigenvalue weighted by Gasteiger charge is 2.34. The first kappa shape index (κ1) is 18.6. The molecule has 0 aromatic heterocycles. The van der Waals surface area contributed by atoms with E-state index >= 15 is 0 Å². The van der Waals surface area contributed by atoms with Gasteiger partial charge < -0.3 is 0 Å². The zero-order valence-electron chi connectivity index (χ0n) is 10.1. The Bertz CT molecular complexity index is 216. The Morgan fingerprint density at radius 3 is 1.24 bits per heavy atom. The van der Waals surface area contributed by atoms with Crippen molar-refractivity contribution in [3.8, 4) is 0 Å². The number of phosphoric acid groups is 1. The van der Waals surface area contributed by atoms with Gasteiger partial charge in [-0.1, -0.05) is 68.6 Å². The molecule has 0 saturated heterocycles. The molecule has 0 aliphatic rings. The predicted octanol–water partition coefficient (Wildman–Crippen LogP) is 5.54. The van der Waals surface area contributed by atoms with E-state index in [1.807, 2.05) is 20.8 Å². The van der Waals surface area contributed by atoms with Crippen molar-refractivity contribution < 1.29 is 18.1 Å². The number of halogens is 3. The summed E-state index contributed by atoms with van der Waals surface area (Å²) in [5, 5.41) is -1.08. The molecular formula is C9H18Br3O4P. The summed E-state index contributed by atoms with van der Waals surface area (Å²) < 4.78 is 28.3. The Morgan fingerprint density at radius 2 is 1.06 bits per heavy atom. The van der Waals surface area contributed by atoms with Crippen molar-refractivity contribution in [1.82, 2.24) is 0 Å². The third kappa shape index (κ3) is 8.35. The van der Waals surface area contributed by atoms with Crippen LogP contribution >= 0.6 is 55.6 Å². The lowest BCUT2D eigenvalue weighted by molar-refractivity contribution is 0.0925. The van der Waals surface area contributed by atoms with Crippen LogP contribution in [0.5, 0.6) is 0 Å². The van der Waals surface area contributed by atoms with E-state index in [9.17, 15) is 4.57 Å². The summed E-state index contributed by atoms with van der Waals surface area (Å²) in [5.74, 6) is 0. The number of hydrogen-bond donors (Lipinski definition) is 0. The molecule has 0 amide bonds. The molecule has 8 heteroatoms. The van der Waals surface area contributed by atoms with E-state index in [-0.39, 0.29) is 15.0 Å². The summed E-state index contributed by atoms with van der Waals surface area (Å²) >= 11 is 9.75. The Labute approximate surface area is 128 Å². The maximum atomic E-state index is 12.4. The molecule has 0 spiro atoms. The van der Waals surface area contributed by atoms with E-state index in [4.69, 9.17) is 13.6 Å². The molecule has 17 heavy (non-hydrogen) atoms. The summed E-state index contributed by atoms with van der Waals surface area (Å²) in [7, 11) is -3.58. The van der Waals surface area contributed by atoms with Crippen LogP contribution in [-0.2, 0) is 18.1 Å². The van der Waals surface area contributed by atoms with Gasteiger partial charge in [0.1, 0.15) is 15.0 Å². The first-order valence-electron chi connectivity index (χ1n) is 5.44. The van der Waals surface area contributed by atoms with Crippen molar-refractivity contribution in [3.05, 3.63) is 0 Å². The second kappa shape index (κ2) is 9.45. The highest BCUT2D eigenvalue weighted by Crippen LogP contribution is 2.55. The van der Waals surface area contributed by atoms with E-state index in [0.29, 0.717) is 19.3 Å². The van der Waals surface area contributed by atoms with E-state index in [0.717, 1.165) is 0 Å². The minimum Gasteiger partial charge on any atom is -0.272 e. The van der Waals surface area contributed by atoms with Gasteiger partial charge in [0.15, 0.2) is 0 Å². The van der Waals surface area contributed by atoms with Gasteiger partial charge in [0, 0.05) is 0 Å². The first-order valence-corrected chi connectivity index (χ1v) is 9.65. The number of alkyl halides is 3. The standard InChI is InChI=1S/C9H18Br3O4P/c1-4-7(10)14-17(13,15-8(11)5-2)16-9(12)6-3/h7-9H,4-6H2,1-3H3. The van der Waals surface area contributed by atoms with Gasteiger partial charge >= 0.3 is 7.82 Å². The van der Waals surface area contributed by atoms with Gasteiger partial charge in [-0.05, 0) is 19.3 Å². The van der Waals surface area contributed by atoms with Crippen LogP contribution in [0.1, 0.15) is 40.0 Å². The molecule has 0 N–H and O–H groups in total. The molecule has 4 nitrogen and oxygen atoms in total. The highest BCUT2D eigenvalue weighted by molar-refractivity contribution is 9.10. The summed E-state index contributed by atoms with van der Waals surface area (Å²) in [6.07, 6.45) is 1.98. The monoisotopic (exact) mass is 458 g/mol. The van der Waals surface area contributed by atoms with Crippen molar-refractivity contribution >= 4 is 55.6 Å². The smallest absolute Gasteiger partial charge is 0.272 e. The molecule has 104 valence electrons. The SMILES string of the molecule is CCC(Br)OP(=O)(OC(Br)CC)OC(Br)CC. The number of phosphoric ester groups is 1. The summed E-state index contributed by atoms with van der Waals surface area (Å²) in [5.41, 5.74) is 0. The van der Waals surface area contributed by atoms with Crippen LogP contribution in [0.2, 0.25) is 0 Å². The minimum absolute atomic E-state index is 0.360. The maximum absolute atomic E-state index is 12.4. The van der Waals surface area contributed by atoms with E-state index in [1.165, 1.54) is 0 Å². The Balaban J connectivity index is 4.62. The Hall–Kier alpha value is 1.55. The van der Waals surface area contributed by atoms with Crippen LogP contribution < -0.4 is 0 Å². The summed E-state index contributed by atoms with van der Waals surface area (Å²) in [4.78, 5) is 0. The fourth-order valence-corrected chi connectivity index (χ4v) is 4.00. The fourth-order valence-electron chi connectivity index (χ4n) is 0.718. The van der Waals surface area contributed by atoms with E-state index in [2.05, 4.69) is 47.8 Å². The normalized spacial score (nSPS) is 20.6. The molecule has 0 bridgehead atoms. The van der Waals surface area contributed by atoms with Crippen LogP contribution in [0.4, 0.5) is 0 Å². The van der Waals surface area contributed by atoms with Gasteiger partial charge in [0.25, 0.3) is 0 Å². The van der Waals surface area contributed by atoms with Gasteiger partial charge in [0.2, 0.25) is 0 Å². The highest BCUT2D eigenvalue weighted by atomic mass is 79.9. The molecule has 3 atom stereocenters. The van der Waals surface area contributed by atoms with Crippen molar-refractivity contribution in [1.29, 1.82) is 0 Å². The summed E-state index contributed by atoms with van der Waals surface area (Å²) in [6, 6.07) is 0. The van der Waals surface area contributed by atoms with Crippen LogP contribution in [0, 0.1) is 0 Å². The lowest BCUT2D eigenvalue weighted by atomic mass is 10.5. The average molecular weight is 461 g/mol. The van der Waals surface area contributed by atoms with E-state index in [1.54, 1.807) is 0 Å². The molecule has 3 unspecified atom stereocenters. The molecule has 0 heterocycles. The Kier molecular flexibility index (Phi) is 10.3. The third-order valence-corrected chi connectivity index (χ3v) is 6.60. The predicted molar refractivity (Wildman–Crippen MR) is 79.9 cm³/mol. The first-order chi connectivity index (χ1) is 7.86. The average Bonchev–Trinajstić information content (AvgIpc) is 2.27. The van der Waals surface area contributed by atoms with Gasteiger partial charge in [-0.25, -0.2) is 4.57 Å². The van der Waals surface area contributed by atoms with Gasteiger partial charge in [-0.3, -0.25) is 13.6 Å². The topological polar surface area (TPSA) is 44.8 Å². The maximum Gasteiger partial charge on any atom is 0.478 e. The summed E-state index contributed by atoms with van der Waals surface area (Å²) in [6.45, 7) is 5.71. The fraction of sp³-hybridized carbons (Fsp3) is 1.00. The van der Waals surface area contributed by atoms with E-state index < -0.39 is 7.82 Å². The quantitative estimate of drug-likeness (QED) is 0.335. The lowest BCUT2D eigenvalue weighted by Gasteiger charge is -2.24. The van der Waals surface area contributed by atoms with Gasteiger partial charge in [-0.15, -0.1) is 0 Å². The van der Waals surface area contributed by atoms with Crippen molar-refractivity contribution in [2.24, 2.45) is 0 Å². The van der Waals surface area contributed by atoms with Crippen LogP contribution in [0.3, 0.4) is 0 Å². The van der Waals surface area contributed by atoms with Crippen molar-refractivity contribution in [2.75, 3.05) is 0 Å². The molecule has 0 aromatic rings. The molecule has 0 radical (unpaired) electrons. The lowest BCUT2D eigenvalue weighted by Crippen LogP contribution is -2.13. The van der Waals surface area contributed by atoms with Crippen molar-refractivity contribution in [3.63, 3.8) is 0 Å². The second-order valence-corrected chi connectivity index (χ2v) is 7.81. The molecule has 0 aliphatic heterocycles. The van der Waals surface area contributed by atoms with Crippen LogP contribution in [0.15, 0.2) is 0 Å². The molecule has 0 fully saturated rings. The molecule has 0 saturated carbocycles. The number of rotatable bonds is 9. The van der Waals surface area contributed by atoms with Gasteiger partial charge in [0.05, 0.1) is 0 Å². The van der Waals surface area contributed by atoms with Crippen molar-refractivity contribution in [2.45, 2.75) is 55.1 Å². The van der Waals surface area contributed by atoms with Crippen LogP contribution in [-0.4, -0.2) is 15.0 Å². The third-order valence-electron chi connectivity index (χ3n) is 1.69. The zero-order valence-corrected chi connectivity index (χ0v) is 15.7. The minimum atomic E-state index is -3.58. The largest absolute Gasteiger partial charge is 0.478 e. The molecule has 0 rings (SSSR count). The second-order valence-electron chi connectivity index (χ2n) is 3.22. The Morgan fingerprint density at radius 1 is 0.824 bits per heavy atom. The zero-order chi connectivity index (χ0) is 13.5. The molecule has 0 aliphatic carbocycles. The molecular weight excluding hydrogens is 443 g/mol. The van der Waals surface area contributed by atoms with Crippen LogP contribution in [0.25, 0.3) is 0 Å². The molecule has 0 aromatic carbocycles. The number of hydrogen-bond acceptors (Lipinski definition) is 4.